The lowest BCUT2D eigenvalue weighted by Gasteiger charge is -1.96. The molecular weight excluding hydrogens is 150 g/mol. The summed E-state index contributed by atoms with van der Waals surface area (Å²) in [4.78, 5) is 30.2. The molecule has 0 fully saturated rings. The number of nitrogens with one attached hydrogen (secondary N) is 1. The molecule has 11 heavy (non-hydrogen) atoms. The van der Waals surface area contributed by atoms with Gasteiger partial charge in [0.25, 0.3) is 0 Å². The molecule has 0 aliphatic rings. The predicted octanol–water partition coefficient (Wildman–Crippen LogP) is -0.834. The van der Waals surface area contributed by atoms with Crippen molar-refractivity contribution in [2.75, 3.05) is 6.54 Å². The SMILES string of the molecule is O=CCNC(=O)CCC(=O)O. The molecule has 0 spiro atoms. The van der Waals surface area contributed by atoms with Gasteiger partial charge in [-0.05, 0) is 0 Å². The van der Waals surface area contributed by atoms with Crippen LogP contribution >= 0.6 is 0 Å². The van der Waals surface area contributed by atoms with Crippen molar-refractivity contribution in [3.63, 3.8) is 0 Å². The molecule has 62 valence electrons. The zero-order valence-corrected chi connectivity index (χ0v) is 5.87. The maximum absolute atomic E-state index is 10.6. The van der Waals surface area contributed by atoms with Crippen molar-refractivity contribution in [3.05, 3.63) is 0 Å². The summed E-state index contributed by atoms with van der Waals surface area (Å²) in [5, 5.41) is 10.4. The third-order valence-corrected chi connectivity index (χ3v) is 0.948. The molecular formula is C6H9NO4. The summed E-state index contributed by atoms with van der Waals surface area (Å²) in [6.07, 6.45) is 0.256. The molecule has 0 aromatic carbocycles. The van der Waals surface area contributed by atoms with Crippen LogP contribution in [0.3, 0.4) is 0 Å². The molecule has 1 amide bonds. The van der Waals surface area contributed by atoms with E-state index >= 15 is 0 Å². The van der Waals surface area contributed by atoms with E-state index in [9.17, 15) is 14.4 Å². The Morgan fingerprint density at radius 2 is 2.00 bits per heavy atom. The van der Waals surface area contributed by atoms with E-state index in [1.165, 1.54) is 0 Å². The molecule has 0 bridgehead atoms. The van der Waals surface area contributed by atoms with Crippen molar-refractivity contribution in [3.8, 4) is 0 Å². The summed E-state index contributed by atoms with van der Waals surface area (Å²) < 4.78 is 0. The number of aliphatic carboxylic acids is 1. The van der Waals surface area contributed by atoms with Crippen LogP contribution in [0.15, 0.2) is 0 Å². The number of carboxylic acid groups (broad SMARTS) is 1. The van der Waals surface area contributed by atoms with Crippen LogP contribution in [0.4, 0.5) is 0 Å². The van der Waals surface area contributed by atoms with E-state index in [-0.39, 0.29) is 19.4 Å². The highest BCUT2D eigenvalue weighted by Gasteiger charge is 2.03. The molecule has 0 heterocycles. The second-order valence-electron chi connectivity index (χ2n) is 1.86. The van der Waals surface area contributed by atoms with Crippen LogP contribution < -0.4 is 5.32 Å². The van der Waals surface area contributed by atoms with Crippen LogP contribution in [0.2, 0.25) is 0 Å². The van der Waals surface area contributed by atoms with Gasteiger partial charge in [0, 0.05) is 6.42 Å². The number of aldehydes is 1. The van der Waals surface area contributed by atoms with Gasteiger partial charge in [0.1, 0.15) is 6.29 Å². The van der Waals surface area contributed by atoms with Crippen molar-refractivity contribution < 1.29 is 19.5 Å². The fourth-order valence-corrected chi connectivity index (χ4v) is 0.464. The second-order valence-corrected chi connectivity index (χ2v) is 1.86. The lowest BCUT2D eigenvalue weighted by Crippen LogP contribution is -2.25. The summed E-state index contributed by atoms with van der Waals surface area (Å²) in [7, 11) is 0. The van der Waals surface area contributed by atoms with E-state index in [4.69, 9.17) is 5.11 Å². The Hall–Kier alpha value is -1.39. The summed E-state index contributed by atoms with van der Waals surface area (Å²) in [5.74, 6) is -1.44. The summed E-state index contributed by atoms with van der Waals surface area (Å²) >= 11 is 0. The van der Waals surface area contributed by atoms with Gasteiger partial charge in [-0.1, -0.05) is 0 Å². The summed E-state index contributed by atoms with van der Waals surface area (Å²) in [5.41, 5.74) is 0. The van der Waals surface area contributed by atoms with Crippen LogP contribution in [0.5, 0.6) is 0 Å². The molecule has 5 nitrogen and oxygen atoms in total. The minimum absolute atomic E-state index is 0.0571. The van der Waals surface area contributed by atoms with Crippen molar-refractivity contribution in [1.82, 2.24) is 5.32 Å². The summed E-state index contributed by atoms with van der Waals surface area (Å²) in [6, 6.07) is 0. The van der Waals surface area contributed by atoms with Crippen LogP contribution in [-0.4, -0.2) is 29.8 Å². The predicted molar refractivity (Wildman–Crippen MR) is 35.9 cm³/mol. The standard InChI is InChI=1S/C6H9NO4/c8-4-3-7-5(9)1-2-6(10)11/h4H,1-3H2,(H,7,9)(H,10,11). The lowest BCUT2D eigenvalue weighted by atomic mass is 10.3. The molecule has 0 radical (unpaired) electrons. The molecule has 0 aliphatic carbocycles. The quantitative estimate of drug-likeness (QED) is 0.512. The van der Waals surface area contributed by atoms with Gasteiger partial charge in [0.05, 0.1) is 13.0 Å². The fourth-order valence-electron chi connectivity index (χ4n) is 0.464. The molecule has 0 aromatic heterocycles. The largest absolute Gasteiger partial charge is 0.481 e. The smallest absolute Gasteiger partial charge is 0.303 e. The summed E-state index contributed by atoms with van der Waals surface area (Å²) in [6.45, 7) is -0.0571. The first kappa shape index (κ1) is 9.61. The fraction of sp³-hybridized carbons (Fsp3) is 0.500. The number of carboxylic acids is 1. The Morgan fingerprint density at radius 1 is 1.36 bits per heavy atom. The number of hydrogen-bond acceptors (Lipinski definition) is 3. The normalized spacial score (nSPS) is 8.73. The van der Waals surface area contributed by atoms with Crippen molar-refractivity contribution in [1.29, 1.82) is 0 Å². The van der Waals surface area contributed by atoms with Crippen LogP contribution in [0.25, 0.3) is 0 Å². The molecule has 0 aliphatic heterocycles. The molecule has 0 saturated heterocycles. The van der Waals surface area contributed by atoms with Gasteiger partial charge in [0.15, 0.2) is 0 Å². The highest BCUT2D eigenvalue weighted by molar-refractivity contribution is 5.81. The van der Waals surface area contributed by atoms with Crippen LogP contribution in [-0.2, 0) is 14.4 Å². The van der Waals surface area contributed by atoms with Gasteiger partial charge in [-0.3, -0.25) is 9.59 Å². The first-order valence-corrected chi connectivity index (χ1v) is 3.09. The van der Waals surface area contributed by atoms with Crippen molar-refractivity contribution in [2.24, 2.45) is 0 Å². The maximum atomic E-state index is 10.6. The van der Waals surface area contributed by atoms with Gasteiger partial charge >= 0.3 is 5.97 Å². The minimum Gasteiger partial charge on any atom is -0.481 e. The Morgan fingerprint density at radius 3 is 2.45 bits per heavy atom. The number of carbonyl (C=O) groups is 3. The molecule has 0 aromatic rings. The first-order valence-electron chi connectivity index (χ1n) is 3.09. The van der Waals surface area contributed by atoms with Gasteiger partial charge in [-0.15, -0.1) is 0 Å². The Labute approximate surface area is 63.4 Å². The molecule has 0 unspecified atom stereocenters. The van der Waals surface area contributed by atoms with Crippen LogP contribution in [0, 0.1) is 0 Å². The number of hydrogen-bond donors (Lipinski definition) is 2. The van der Waals surface area contributed by atoms with E-state index in [1.807, 2.05) is 0 Å². The minimum atomic E-state index is -1.02. The molecule has 0 rings (SSSR count). The van der Waals surface area contributed by atoms with Crippen LogP contribution in [0.1, 0.15) is 12.8 Å². The van der Waals surface area contributed by atoms with Gasteiger partial charge < -0.3 is 15.2 Å². The van der Waals surface area contributed by atoms with E-state index in [2.05, 4.69) is 5.32 Å². The number of rotatable bonds is 5. The topological polar surface area (TPSA) is 83.5 Å². The van der Waals surface area contributed by atoms with E-state index in [0.717, 1.165) is 0 Å². The van der Waals surface area contributed by atoms with E-state index in [1.54, 1.807) is 0 Å². The van der Waals surface area contributed by atoms with Gasteiger partial charge in [-0.2, -0.15) is 0 Å². The maximum Gasteiger partial charge on any atom is 0.303 e. The van der Waals surface area contributed by atoms with Crippen molar-refractivity contribution in [2.45, 2.75) is 12.8 Å². The Balaban J connectivity index is 3.37. The highest BCUT2D eigenvalue weighted by Crippen LogP contribution is 1.86. The van der Waals surface area contributed by atoms with Gasteiger partial charge in [0.2, 0.25) is 5.91 Å². The lowest BCUT2D eigenvalue weighted by molar-refractivity contribution is -0.138. The highest BCUT2D eigenvalue weighted by atomic mass is 16.4. The third kappa shape index (κ3) is 6.50. The Bertz CT molecular complexity index is 166. The van der Waals surface area contributed by atoms with E-state index < -0.39 is 11.9 Å². The average Bonchev–Trinajstić information content (AvgIpc) is 1.97. The zero-order valence-electron chi connectivity index (χ0n) is 5.87. The monoisotopic (exact) mass is 159 g/mol. The second kappa shape index (κ2) is 5.40. The number of carbonyl (C=O) groups excluding carboxylic acids is 2. The molecule has 0 saturated carbocycles. The molecule has 2 N–H and O–H groups in total. The zero-order chi connectivity index (χ0) is 8.69. The first-order chi connectivity index (χ1) is 5.16. The Kier molecular flexibility index (Phi) is 4.72. The average molecular weight is 159 g/mol. The van der Waals surface area contributed by atoms with Gasteiger partial charge in [-0.25, -0.2) is 0 Å². The van der Waals surface area contributed by atoms with Crippen molar-refractivity contribution >= 4 is 18.2 Å². The molecule has 0 atom stereocenters. The van der Waals surface area contributed by atoms with E-state index in [0.29, 0.717) is 6.29 Å². The third-order valence-electron chi connectivity index (χ3n) is 0.948. The molecule has 5 heteroatoms. The number of amides is 1.